The fourth-order valence-corrected chi connectivity index (χ4v) is 3.60. The summed E-state index contributed by atoms with van der Waals surface area (Å²) in [7, 11) is 1.73. The molecule has 0 aliphatic carbocycles. The van der Waals surface area contributed by atoms with E-state index in [1.54, 1.807) is 13.2 Å². The number of aromatic amines is 1. The lowest BCUT2D eigenvalue weighted by molar-refractivity contribution is -0.125. The van der Waals surface area contributed by atoms with Gasteiger partial charge in [0.25, 0.3) is 0 Å². The van der Waals surface area contributed by atoms with Gasteiger partial charge in [-0.25, -0.2) is 4.98 Å². The molecule has 2 saturated heterocycles. The van der Waals surface area contributed by atoms with Crippen molar-refractivity contribution in [2.45, 2.75) is 25.4 Å². The molecule has 2 aliphatic rings. The molecule has 2 aliphatic heterocycles. The maximum Gasteiger partial charge on any atom is 0.225 e. The predicted molar refractivity (Wildman–Crippen MR) is 86.8 cm³/mol. The minimum atomic E-state index is 0.000284. The van der Waals surface area contributed by atoms with Gasteiger partial charge in [0.1, 0.15) is 5.82 Å². The van der Waals surface area contributed by atoms with Crippen molar-refractivity contribution in [1.29, 1.82) is 0 Å². The number of H-pyrrole nitrogens is 1. The molecule has 1 aromatic rings. The van der Waals surface area contributed by atoms with Gasteiger partial charge in [0, 0.05) is 64.9 Å². The summed E-state index contributed by atoms with van der Waals surface area (Å²) in [6.07, 6.45) is 5.76. The van der Waals surface area contributed by atoms with Gasteiger partial charge < -0.3 is 15.0 Å². The second kappa shape index (κ2) is 7.90. The molecule has 128 valence electrons. The van der Waals surface area contributed by atoms with Gasteiger partial charge in [-0.05, 0) is 12.8 Å². The molecule has 2 N–H and O–H groups in total. The van der Waals surface area contributed by atoms with E-state index in [1.807, 2.05) is 6.20 Å². The zero-order valence-electron chi connectivity index (χ0n) is 13.8. The number of nitrogens with zero attached hydrogens (tertiary/aromatic N) is 3. The SMILES string of the molecule is CNC(=O)[C@H]1CN(Cc2ncc[nH]2)CCN(C2CCOCC2)C1. The van der Waals surface area contributed by atoms with E-state index in [-0.39, 0.29) is 11.8 Å². The molecular formula is C16H27N5O2. The maximum atomic E-state index is 12.3. The quantitative estimate of drug-likeness (QED) is 0.821. The highest BCUT2D eigenvalue weighted by atomic mass is 16.5. The van der Waals surface area contributed by atoms with Crippen molar-refractivity contribution in [2.75, 3.05) is 46.4 Å². The fourth-order valence-electron chi connectivity index (χ4n) is 3.60. The average Bonchev–Trinajstić information content (AvgIpc) is 3.00. The minimum absolute atomic E-state index is 0.000284. The molecule has 23 heavy (non-hydrogen) atoms. The van der Waals surface area contributed by atoms with Gasteiger partial charge >= 0.3 is 0 Å². The van der Waals surface area contributed by atoms with Crippen LogP contribution in [0.1, 0.15) is 18.7 Å². The van der Waals surface area contributed by atoms with Gasteiger partial charge in [-0.1, -0.05) is 0 Å². The lowest BCUT2D eigenvalue weighted by Gasteiger charge is -2.34. The highest BCUT2D eigenvalue weighted by molar-refractivity contribution is 5.78. The van der Waals surface area contributed by atoms with Gasteiger partial charge in [-0.2, -0.15) is 0 Å². The van der Waals surface area contributed by atoms with Crippen LogP contribution in [0.15, 0.2) is 12.4 Å². The average molecular weight is 321 g/mol. The molecule has 3 heterocycles. The summed E-state index contributed by atoms with van der Waals surface area (Å²) in [5.74, 6) is 1.09. The molecule has 0 bridgehead atoms. The van der Waals surface area contributed by atoms with Crippen LogP contribution in [0.3, 0.4) is 0 Å². The molecule has 7 heteroatoms. The highest BCUT2D eigenvalue weighted by Crippen LogP contribution is 2.20. The van der Waals surface area contributed by atoms with E-state index in [4.69, 9.17) is 4.74 Å². The van der Waals surface area contributed by atoms with Gasteiger partial charge in [-0.15, -0.1) is 0 Å². The second-order valence-electron chi connectivity index (χ2n) is 6.42. The summed E-state index contributed by atoms with van der Waals surface area (Å²) in [5.41, 5.74) is 0. The Bertz CT molecular complexity index is 487. The standard InChI is InChI=1S/C16H27N5O2/c1-17-16(22)13-10-20(12-15-18-4-5-19-15)6-7-21(11-13)14-2-8-23-9-3-14/h4-5,13-14H,2-3,6-12H2,1H3,(H,17,22)(H,18,19)/t13-/m0/s1. The Labute approximate surface area is 137 Å². The first kappa shape index (κ1) is 16.4. The second-order valence-corrected chi connectivity index (χ2v) is 6.42. The van der Waals surface area contributed by atoms with Crippen molar-refractivity contribution in [1.82, 2.24) is 25.1 Å². The molecule has 3 rings (SSSR count). The molecule has 1 aromatic heterocycles. The van der Waals surface area contributed by atoms with Crippen LogP contribution < -0.4 is 5.32 Å². The van der Waals surface area contributed by atoms with Crippen molar-refractivity contribution < 1.29 is 9.53 Å². The van der Waals surface area contributed by atoms with E-state index in [0.29, 0.717) is 6.04 Å². The van der Waals surface area contributed by atoms with E-state index in [0.717, 1.165) is 64.6 Å². The lowest BCUT2D eigenvalue weighted by atomic mass is 10.0. The van der Waals surface area contributed by atoms with E-state index >= 15 is 0 Å². The van der Waals surface area contributed by atoms with E-state index in [1.165, 1.54) is 0 Å². The molecule has 0 saturated carbocycles. The van der Waals surface area contributed by atoms with Crippen LogP contribution in [0.4, 0.5) is 0 Å². The molecule has 2 fully saturated rings. The largest absolute Gasteiger partial charge is 0.381 e. The van der Waals surface area contributed by atoms with Crippen molar-refractivity contribution in [2.24, 2.45) is 5.92 Å². The Morgan fingerprint density at radius 2 is 2.22 bits per heavy atom. The van der Waals surface area contributed by atoms with Crippen LogP contribution in [-0.2, 0) is 16.1 Å². The summed E-state index contributed by atoms with van der Waals surface area (Å²) >= 11 is 0. The summed E-state index contributed by atoms with van der Waals surface area (Å²) in [4.78, 5) is 24.6. The predicted octanol–water partition coefficient (Wildman–Crippen LogP) is 0.0685. The van der Waals surface area contributed by atoms with Crippen LogP contribution in [0.2, 0.25) is 0 Å². The number of hydrogen-bond acceptors (Lipinski definition) is 5. The van der Waals surface area contributed by atoms with E-state index in [9.17, 15) is 4.79 Å². The smallest absolute Gasteiger partial charge is 0.225 e. The van der Waals surface area contributed by atoms with E-state index < -0.39 is 0 Å². The Hall–Kier alpha value is -1.44. The first-order chi connectivity index (χ1) is 11.3. The number of rotatable bonds is 4. The third-order valence-electron chi connectivity index (χ3n) is 4.89. The van der Waals surface area contributed by atoms with Crippen LogP contribution in [0.5, 0.6) is 0 Å². The summed E-state index contributed by atoms with van der Waals surface area (Å²) in [6, 6.07) is 0.541. The number of nitrogens with one attached hydrogen (secondary N) is 2. The molecule has 0 aromatic carbocycles. The monoisotopic (exact) mass is 321 g/mol. The summed E-state index contributed by atoms with van der Waals surface area (Å²) in [5, 5.41) is 2.82. The minimum Gasteiger partial charge on any atom is -0.381 e. The number of carbonyl (C=O) groups excluding carboxylic acids is 1. The fraction of sp³-hybridized carbons (Fsp3) is 0.750. The first-order valence-corrected chi connectivity index (χ1v) is 8.50. The van der Waals surface area contributed by atoms with Crippen molar-refractivity contribution in [3.8, 4) is 0 Å². The third kappa shape index (κ3) is 4.31. The van der Waals surface area contributed by atoms with Gasteiger partial charge in [0.2, 0.25) is 5.91 Å². The highest BCUT2D eigenvalue weighted by Gasteiger charge is 2.31. The zero-order chi connectivity index (χ0) is 16.1. The van der Waals surface area contributed by atoms with Crippen molar-refractivity contribution >= 4 is 5.91 Å². The topological polar surface area (TPSA) is 73.5 Å². The van der Waals surface area contributed by atoms with E-state index in [2.05, 4.69) is 25.1 Å². The Kier molecular flexibility index (Phi) is 5.64. The maximum absolute atomic E-state index is 12.3. The van der Waals surface area contributed by atoms with Crippen LogP contribution in [0.25, 0.3) is 0 Å². The number of ether oxygens (including phenoxy) is 1. The Balaban J connectivity index is 1.67. The Morgan fingerprint density at radius 1 is 1.39 bits per heavy atom. The number of aromatic nitrogens is 2. The first-order valence-electron chi connectivity index (χ1n) is 8.50. The summed E-state index contributed by atoms with van der Waals surface area (Å²) in [6.45, 7) is 6.01. The van der Waals surface area contributed by atoms with Crippen molar-refractivity contribution in [3.63, 3.8) is 0 Å². The van der Waals surface area contributed by atoms with Gasteiger partial charge in [-0.3, -0.25) is 14.6 Å². The van der Waals surface area contributed by atoms with Crippen LogP contribution >= 0.6 is 0 Å². The molecule has 1 atom stereocenters. The third-order valence-corrected chi connectivity index (χ3v) is 4.89. The lowest BCUT2D eigenvalue weighted by Crippen LogP contribution is -2.45. The van der Waals surface area contributed by atoms with Crippen molar-refractivity contribution in [3.05, 3.63) is 18.2 Å². The molecule has 0 spiro atoms. The molecule has 1 amide bonds. The van der Waals surface area contributed by atoms with Gasteiger partial charge in [0.15, 0.2) is 0 Å². The number of carbonyl (C=O) groups is 1. The normalized spacial score (nSPS) is 25.2. The number of imidazole rings is 1. The molecule has 0 radical (unpaired) electrons. The number of hydrogen-bond donors (Lipinski definition) is 2. The van der Waals surface area contributed by atoms with Gasteiger partial charge in [0.05, 0.1) is 12.5 Å². The molecule has 0 unspecified atom stereocenters. The molecular weight excluding hydrogens is 294 g/mol. The zero-order valence-corrected chi connectivity index (χ0v) is 13.8. The van der Waals surface area contributed by atoms with Crippen LogP contribution in [0, 0.1) is 5.92 Å². The summed E-state index contributed by atoms with van der Waals surface area (Å²) < 4.78 is 5.48. The molecule has 7 nitrogen and oxygen atoms in total. The number of amides is 1. The van der Waals surface area contributed by atoms with Crippen LogP contribution in [-0.4, -0.2) is 78.2 Å². The Morgan fingerprint density at radius 3 is 2.91 bits per heavy atom.